The zero-order chi connectivity index (χ0) is 40.7. The fourth-order valence-corrected chi connectivity index (χ4v) is 4.47. The van der Waals surface area contributed by atoms with Gasteiger partial charge in [-0.25, -0.2) is 0 Å². The van der Waals surface area contributed by atoms with Crippen LogP contribution in [0, 0.1) is 0 Å². The molecule has 0 radical (unpaired) electrons. The highest BCUT2D eigenvalue weighted by Crippen LogP contribution is 2.07. The molecule has 0 aromatic heterocycles. The number of carbonyl (C=O) groups excluding carboxylic acids is 2. The zero-order valence-electron chi connectivity index (χ0n) is 34.2. The maximum absolute atomic E-state index is 11.7. The first kappa shape index (κ1) is 54.0. The van der Waals surface area contributed by atoms with Crippen molar-refractivity contribution < 1.29 is 81.1 Å². The molecule has 0 saturated carbocycles. The Hall–Kier alpha value is -2.03. The summed E-state index contributed by atoms with van der Waals surface area (Å²) in [7, 11) is 0. The maximum Gasteiger partial charge on any atom is 0.305 e. The lowest BCUT2D eigenvalue weighted by atomic mass is 10.1. The second-order valence-electron chi connectivity index (χ2n) is 12.3. The van der Waals surface area contributed by atoms with Gasteiger partial charge in [0.2, 0.25) is 0 Å². The van der Waals surface area contributed by atoms with Gasteiger partial charge >= 0.3 is 17.9 Å². The Balaban J connectivity index is 3.13. The van der Waals surface area contributed by atoms with E-state index in [1.165, 1.54) is 25.7 Å². The van der Waals surface area contributed by atoms with Crippen LogP contribution in [-0.2, 0) is 76.0 Å². The number of unbranched alkanes of at least 4 members (excludes halogenated alkanes) is 6. The average Bonchev–Trinajstić information content (AvgIpc) is 3.19. The number of carboxylic acids is 1. The molecule has 17 heteroatoms. The van der Waals surface area contributed by atoms with Gasteiger partial charge in [0.15, 0.2) is 0 Å². The molecule has 56 heavy (non-hydrogen) atoms. The lowest BCUT2D eigenvalue weighted by Gasteiger charge is -2.09. The molecule has 0 aliphatic carbocycles. The number of esters is 2. The van der Waals surface area contributed by atoms with E-state index in [0.29, 0.717) is 158 Å². The summed E-state index contributed by atoms with van der Waals surface area (Å²) in [6, 6.07) is 0. The van der Waals surface area contributed by atoms with E-state index >= 15 is 0 Å². The summed E-state index contributed by atoms with van der Waals surface area (Å²) >= 11 is 0. The Labute approximate surface area is 334 Å². The number of ether oxygens (including phenoxy) is 13. The summed E-state index contributed by atoms with van der Waals surface area (Å²) in [5, 5.41) is 8.56. The van der Waals surface area contributed by atoms with E-state index in [1.54, 1.807) is 0 Å². The predicted molar refractivity (Wildman–Crippen MR) is 205 cm³/mol. The van der Waals surface area contributed by atoms with E-state index < -0.39 is 5.97 Å². The molecule has 0 fully saturated rings. The SMILES string of the molecule is CCCCCCCCC(=O)OCCOCCOCCOCCOCCOCCOCCOCCOCCOCCOCCOCCOC(=O)CCCCC(=O)O. The minimum absolute atomic E-state index is 0.0567. The summed E-state index contributed by atoms with van der Waals surface area (Å²) in [6.45, 7) is 12.5. The van der Waals surface area contributed by atoms with E-state index in [-0.39, 0.29) is 44.6 Å². The highest BCUT2D eigenvalue weighted by atomic mass is 16.6. The molecule has 332 valence electrons. The molecule has 0 aromatic rings. The minimum atomic E-state index is -0.866. The van der Waals surface area contributed by atoms with Gasteiger partial charge < -0.3 is 66.7 Å². The highest BCUT2D eigenvalue weighted by Gasteiger charge is 2.05. The second-order valence-corrected chi connectivity index (χ2v) is 12.3. The van der Waals surface area contributed by atoms with Gasteiger partial charge in [-0.15, -0.1) is 0 Å². The summed E-state index contributed by atoms with van der Waals surface area (Å²) in [4.78, 5) is 33.6. The third-order valence-electron chi connectivity index (χ3n) is 7.46. The van der Waals surface area contributed by atoms with Gasteiger partial charge in [0.25, 0.3) is 0 Å². The van der Waals surface area contributed by atoms with Crippen LogP contribution in [0.4, 0.5) is 0 Å². The van der Waals surface area contributed by atoms with E-state index in [2.05, 4.69) is 6.92 Å². The Morgan fingerprint density at radius 2 is 0.518 bits per heavy atom. The molecule has 0 atom stereocenters. The van der Waals surface area contributed by atoms with Crippen molar-refractivity contribution in [1.82, 2.24) is 0 Å². The Bertz CT molecular complexity index is 835. The van der Waals surface area contributed by atoms with Crippen molar-refractivity contribution >= 4 is 17.9 Å². The van der Waals surface area contributed by atoms with Gasteiger partial charge in [0.1, 0.15) is 13.2 Å². The average molecular weight is 815 g/mol. The molecule has 0 aliphatic heterocycles. The van der Waals surface area contributed by atoms with Crippen molar-refractivity contribution in [2.24, 2.45) is 0 Å². The summed E-state index contributed by atoms with van der Waals surface area (Å²) in [6.07, 6.45) is 8.59. The van der Waals surface area contributed by atoms with Crippen LogP contribution in [0.15, 0.2) is 0 Å². The molecule has 0 unspecified atom stereocenters. The van der Waals surface area contributed by atoms with Gasteiger partial charge in [0, 0.05) is 19.3 Å². The smallest absolute Gasteiger partial charge is 0.305 e. The quantitative estimate of drug-likeness (QED) is 0.0691. The molecule has 0 amide bonds. The third-order valence-corrected chi connectivity index (χ3v) is 7.46. The Morgan fingerprint density at radius 1 is 0.304 bits per heavy atom. The van der Waals surface area contributed by atoms with E-state index in [0.717, 1.165) is 12.8 Å². The highest BCUT2D eigenvalue weighted by molar-refractivity contribution is 5.70. The van der Waals surface area contributed by atoms with Gasteiger partial charge in [-0.05, 0) is 19.3 Å². The molecule has 0 heterocycles. The molecule has 0 aliphatic rings. The predicted octanol–water partition coefficient (Wildman–Crippen LogP) is 3.65. The van der Waals surface area contributed by atoms with Crippen molar-refractivity contribution in [3.63, 3.8) is 0 Å². The largest absolute Gasteiger partial charge is 0.481 e. The monoisotopic (exact) mass is 814 g/mol. The van der Waals surface area contributed by atoms with Crippen LogP contribution >= 0.6 is 0 Å². The lowest BCUT2D eigenvalue weighted by molar-refractivity contribution is -0.146. The standard InChI is InChI=1S/C39H74O17/c1-2-3-4-5-6-7-11-38(42)55-35-33-53-31-29-51-27-25-49-23-21-47-19-17-45-15-13-44-14-16-46-18-20-48-22-24-50-26-28-52-30-32-54-34-36-56-39(43)12-9-8-10-37(40)41/h2-36H2,1H3,(H,40,41). The normalized spacial score (nSPS) is 11.3. The van der Waals surface area contributed by atoms with Crippen molar-refractivity contribution in [3.8, 4) is 0 Å². The molecular weight excluding hydrogens is 740 g/mol. The fraction of sp³-hybridized carbons (Fsp3) is 0.923. The molecule has 0 aromatic carbocycles. The number of carboxylic acid groups (broad SMARTS) is 1. The first-order valence-corrected chi connectivity index (χ1v) is 20.4. The Kier molecular flexibility index (Phi) is 45.6. The van der Waals surface area contributed by atoms with Crippen LogP contribution in [0.25, 0.3) is 0 Å². The number of carbonyl (C=O) groups is 3. The lowest BCUT2D eigenvalue weighted by Crippen LogP contribution is -2.16. The fourth-order valence-electron chi connectivity index (χ4n) is 4.47. The number of rotatable bonds is 48. The van der Waals surface area contributed by atoms with Gasteiger partial charge in [-0.1, -0.05) is 39.0 Å². The molecule has 17 nitrogen and oxygen atoms in total. The van der Waals surface area contributed by atoms with E-state index in [9.17, 15) is 14.4 Å². The number of hydrogen-bond donors (Lipinski definition) is 1. The number of aliphatic carboxylic acids is 1. The van der Waals surface area contributed by atoms with Crippen molar-refractivity contribution in [3.05, 3.63) is 0 Å². The van der Waals surface area contributed by atoms with Gasteiger partial charge in [0.05, 0.1) is 145 Å². The summed E-state index contributed by atoms with van der Waals surface area (Å²) < 4.78 is 70.1. The molecular formula is C39H74O17. The van der Waals surface area contributed by atoms with Crippen molar-refractivity contribution in [2.75, 3.05) is 159 Å². The van der Waals surface area contributed by atoms with Crippen LogP contribution < -0.4 is 0 Å². The summed E-state index contributed by atoms with van der Waals surface area (Å²) in [5.41, 5.74) is 0. The van der Waals surface area contributed by atoms with Crippen LogP contribution in [0.2, 0.25) is 0 Å². The minimum Gasteiger partial charge on any atom is -0.481 e. The molecule has 1 N–H and O–H groups in total. The van der Waals surface area contributed by atoms with Crippen LogP contribution in [0.5, 0.6) is 0 Å². The van der Waals surface area contributed by atoms with Crippen LogP contribution in [-0.4, -0.2) is 182 Å². The van der Waals surface area contributed by atoms with Crippen molar-refractivity contribution in [2.45, 2.75) is 77.6 Å². The molecule has 0 spiro atoms. The summed E-state index contributed by atoms with van der Waals surface area (Å²) in [5.74, 6) is -1.37. The van der Waals surface area contributed by atoms with E-state index in [4.69, 9.17) is 66.7 Å². The van der Waals surface area contributed by atoms with Gasteiger partial charge in [-0.3, -0.25) is 14.4 Å². The zero-order valence-corrected chi connectivity index (χ0v) is 34.2. The third kappa shape index (κ3) is 48.1. The second kappa shape index (κ2) is 47.3. The van der Waals surface area contributed by atoms with Crippen LogP contribution in [0.1, 0.15) is 77.6 Å². The first-order valence-electron chi connectivity index (χ1n) is 20.4. The molecule has 0 saturated heterocycles. The topological polar surface area (TPSA) is 191 Å². The van der Waals surface area contributed by atoms with Crippen molar-refractivity contribution in [1.29, 1.82) is 0 Å². The molecule has 0 rings (SSSR count). The molecule has 0 bridgehead atoms. The van der Waals surface area contributed by atoms with E-state index in [1.807, 2.05) is 0 Å². The van der Waals surface area contributed by atoms with Gasteiger partial charge in [-0.2, -0.15) is 0 Å². The first-order chi connectivity index (χ1) is 27.6. The maximum atomic E-state index is 11.7. The Morgan fingerprint density at radius 3 is 0.786 bits per heavy atom. The van der Waals surface area contributed by atoms with Crippen LogP contribution in [0.3, 0.4) is 0 Å². The number of hydrogen-bond acceptors (Lipinski definition) is 16.